The molecule has 3 aromatic rings. The molecule has 0 amide bonds. The number of rotatable bonds is 7. The van der Waals surface area contributed by atoms with Gasteiger partial charge in [-0.25, -0.2) is 0 Å². The van der Waals surface area contributed by atoms with Gasteiger partial charge in [-0.2, -0.15) is 0 Å². The first-order valence-electron chi connectivity index (χ1n) is 10.1. The lowest BCUT2D eigenvalue weighted by molar-refractivity contribution is -0.143. The first-order chi connectivity index (χ1) is 14.9. The third-order valence-electron chi connectivity index (χ3n) is 5.29. The van der Waals surface area contributed by atoms with Gasteiger partial charge in [0.05, 0.1) is 0 Å². The van der Waals surface area contributed by atoms with E-state index in [9.17, 15) is 9.90 Å². The largest absolute Gasteiger partial charge is 0.480 e. The highest BCUT2D eigenvalue weighted by Crippen LogP contribution is 2.37. The summed E-state index contributed by atoms with van der Waals surface area (Å²) in [5.41, 5.74) is 1.18. The van der Waals surface area contributed by atoms with E-state index < -0.39 is 11.4 Å². The molecule has 0 aliphatic carbocycles. The van der Waals surface area contributed by atoms with E-state index in [1.165, 1.54) is 0 Å². The number of benzene rings is 3. The summed E-state index contributed by atoms with van der Waals surface area (Å²) in [6.07, 6.45) is 0.509. The van der Waals surface area contributed by atoms with Crippen LogP contribution in [0.15, 0.2) is 72.8 Å². The topological polar surface area (TPSA) is 46.5 Å². The maximum Gasteiger partial charge on any atom is 0.326 e. The van der Waals surface area contributed by atoms with Crippen LogP contribution in [0.4, 0.5) is 0 Å². The van der Waals surface area contributed by atoms with Crippen molar-refractivity contribution in [3.05, 3.63) is 94.5 Å². The molecule has 3 nitrogen and oxygen atoms in total. The fourth-order valence-electron chi connectivity index (χ4n) is 3.79. The summed E-state index contributed by atoms with van der Waals surface area (Å²) in [7, 11) is 0. The molecule has 0 spiro atoms. The van der Waals surface area contributed by atoms with Gasteiger partial charge in [-0.05, 0) is 72.4 Å². The average molecular weight is 433 g/mol. The van der Waals surface area contributed by atoms with E-state index in [2.05, 4.69) is 11.8 Å². The Bertz CT molecular complexity index is 1130. The standard InChI is InChI=1S/C27H25ClO3/c1-4-15-27(19(2)3,26(29)30)25-14-13-22(28)18-21(25)16-20-9-8-12-24(17-20)31-23-10-6-5-7-11-23/h5-14,17-19H,16H2,1-3H3,(H,29,30). The predicted octanol–water partition coefficient (Wildman–Crippen LogP) is 6.72. The Kier molecular flexibility index (Phi) is 7.05. The first kappa shape index (κ1) is 22.5. The number of ether oxygens (including phenoxy) is 1. The smallest absolute Gasteiger partial charge is 0.326 e. The van der Waals surface area contributed by atoms with Gasteiger partial charge in [0, 0.05) is 5.02 Å². The number of carbonyl (C=O) groups is 1. The Balaban J connectivity index is 2.03. The van der Waals surface area contributed by atoms with E-state index in [4.69, 9.17) is 16.3 Å². The molecule has 1 unspecified atom stereocenters. The zero-order valence-corrected chi connectivity index (χ0v) is 18.6. The van der Waals surface area contributed by atoms with Gasteiger partial charge in [0.2, 0.25) is 0 Å². The second-order valence-electron chi connectivity index (χ2n) is 7.68. The summed E-state index contributed by atoms with van der Waals surface area (Å²) < 4.78 is 5.95. The molecule has 31 heavy (non-hydrogen) atoms. The van der Waals surface area contributed by atoms with Crippen LogP contribution >= 0.6 is 11.6 Å². The first-order valence-corrected chi connectivity index (χ1v) is 10.5. The lowest BCUT2D eigenvalue weighted by atomic mass is 9.70. The monoisotopic (exact) mass is 432 g/mol. The molecular formula is C27H25ClO3. The molecule has 0 bridgehead atoms. The van der Waals surface area contributed by atoms with Crippen molar-refractivity contribution in [1.82, 2.24) is 0 Å². The van der Waals surface area contributed by atoms with Crippen LogP contribution < -0.4 is 4.74 Å². The van der Waals surface area contributed by atoms with Crippen LogP contribution in [0.3, 0.4) is 0 Å². The van der Waals surface area contributed by atoms with Crippen LogP contribution in [0.1, 0.15) is 37.5 Å². The van der Waals surface area contributed by atoms with Crippen LogP contribution in [0.5, 0.6) is 11.5 Å². The van der Waals surface area contributed by atoms with Gasteiger partial charge >= 0.3 is 5.97 Å². The molecule has 4 heteroatoms. The number of halogens is 1. The molecule has 0 aliphatic rings. The quantitative estimate of drug-likeness (QED) is 0.421. The summed E-state index contributed by atoms with van der Waals surface area (Å²) in [6, 6.07) is 22.7. The Morgan fingerprint density at radius 3 is 2.39 bits per heavy atom. The zero-order valence-electron chi connectivity index (χ0n) is 17.9. The Labute approximate surface area is 188 Å². The lowest BCUT2D eigenvalue weighted by Gasteiger charge is -2.31. The van der Waals surface area contributed by atoms with Crippen molar-refractivity contribution in [3.8, 4) is 23.3 Å². The highest BCUT2D eigenvalue weighted by atomic mass is 35.5. The molecule has 0 heterocycles. The van der Waals surface area contributed by atoms with Crippen molar-refractivity contribution >= 4 is 17.6 Å². The van der Waals surface area contributed by atoms with Crippen molar-refractivity contribution in [2.24, 2.45) is 5.92 Å². The molecule has 1 atom stereocenters. The molecule has 0 radical (unpaired) electrons. The van der Waals surface area contributed by atoms with E-state index in [1.54, 1.807) is 19.1 Å². The number of hydrogen-bond acceptors (Lipinski definition) is 2. The molecule has 0 saturated heterocycles. The van der Waals surface area contributed by atoms with Crippen molar-refractivity contribution < 1.29 is 14.6 Å². The Hall–Kier alpha value is -3.22. The highest BCUT2D eigenvalue weighted by Gasteiger charge is 2.43. The normalized spacial score (nSPS) is 12.5. The third-order valence-corrected chi connectivity index (χ3v) is 5.52. The molecule has 0 fully saturated rings. The summed E-state index contributed by atoms with van der Waals surface area (Å²) in [5, 5.41) is 10.7. The fourth-order valence-corrected chi connectivity index (χ4v) is 3.99. The maximum atomic E-state index is 12.4. The van der Waals surface area contributed by atoms with E-state index >= 15 is 0 Å². The number of carboxylic acid groups (broad SMARTS) is 1. The summed E-state index contributed by atoms with van der Waals surface area (Å²) >= 11 is 6.30. The van der Waals surface area contributed by atoms with Gasteiger partial charge in [0.15, 0.2) is 5.41 Å². The van der Waals surface area contributed by atoms with Gasteiger partial charge in [-0.15, -0.1) is 5.92 Å². The molecule has 0 aliphatic heterocycles. The van der Waals surface area contributed by atoms with E-state index in [1.807, 2.05) is 74.5 Å². The van der Waals surface area contributed by atoms with Gasteiger partial charge in [0.1, 0.15) is 11.5 Å². The number of aliphatic carboxylic acids is 1. The molecule has 0 aromatic heterocycles. The molecular weight excluding hydrogens is 408 g/mol. The summed E-state index contributed by atoms with van der Waals surface area (Å²) in [6.45, 7) is 5.43. The fraction of sp³-hybridized carbons (Fsp3) is 0.222. The van der Waals surface area contributed by atoms with Crippen LogP contribution in [-0.2, 0) is 16.6 Å². The van der Waals surface area contributed by atoms with Crippen LogP contribution in [0, 0.1) is 17.8 Å². The van der Waals surface area contributed by atoms with Crippen LogP contribution in [0.25, 0.3) is 0 Å². The molecule has 3 aromatic carbocycles. The van der Waals surface area contributed by atoms with E-state index in [-0.39, 0.29) is 5.92 Å². The van der Waals surface area contributed by atoms with Gasteiger partial charge < -0.3 is 9.84 Å². The van der Waals surface area contributed by atoms with Crippen molar-refractivity contribution in [2.75, 3.05) is 0 Å². The van der Waals surface area contributed by atoms with Crippen LogP contribution in [-0.4, -0.2) is 11.1 Å². The van der Waals surface area contributed by atoms with E-state index in [0.717, 1.165) is 16.9 Å². The summed E-state index contributed by atoms with van der Waals surface area (Å²) in [4.78, 5) is 12.4. The highest BCUT2D eigenvalue weighted by molar-refractivity contribution is 6.30. The average Bonchev–Trinajstić information content (AvgIpc) is 2.73. The van der Waals surface area contributed by atoms with E-state index in [0.29, 0.717) is 22.8 Å². The van der Waals surface area contributed by atoms with Gasteiger partial charge in [0.25, 0.3) is 0 Å². The number of carboxylic acids is 1. The minimum Gasteiger partial charge on any atom is -0.480 e. The summed E-state index contributed by atoms with van der Waals surface area (Å²) in [5.74, 6) is 6.10. The lowest BCUT2D eigenvalue weighted by Crippen LogP contribution is -2.40. The minimum atomic E-state index is -1.31. The molecule has 0 saturated carbocycles. The second kappa shape index (κ2) is 9.73. The van der Waals surface area contributed by atoms with Gasteiger partial charge in [-0.1, -0.05) is 67.8 Å². The SMILES string of the molecule is CC#CC(C(=O)O)(c1ccc(Cl)cc1Cc1cccc(Oc2ccccc2)c1)C(C)C. The number of para-hydroxylation sites is 1. The van der Waals surface area contributed by atoms with Crippen molar-refractivity contribution in [3.63, 3.8) is 0 Å². The minimum absolute atomic E-state index is 0.231. The van der Waals surface area contributed by atoms with Gasteiger partial charge in [-0.3, -0.25) is 4.79 Å². The second-order valence-corrected chi connectivity index (χ2v) is 8.12. The molecule has 158 valence electrons. The maximum absolute atomic E-state index is 12.4. The Morgan fingerprint density at radius 1 is 1.03 bits per heavy atom. The molecule has 1 N–H and O–H groups in total. The predicted molar refractivity (Wildman–Crippen MR) is 125 cm³/mol. The third kappa shape index (κ3) is 4.93. The molecule has 3 rings (SSSR count). The van der Waals surface area contributed by atoms with Crippen molar-refractivity contribution in [1.29, 1.82) is 0 Å². The zero-order chi connectivity index (χ0) is 22.4. The Morgan fingerprint density at radius 2 is 1.74 bits per heavy atom. The van der Waals surface area contributed by atoms with Crippen molar-refractivity contribution in [2.45, 2.75) is 32.6 Å². The van der Waals surface area contributed by atoms with Crippen LogP contribution in [0.2, 0.25) is 5.02 Å². The number of hydrogen-bond donors (Lipinski definition) is 1.